The smallest absolute Gasteiger partial charge is 0.161 e. The van der Waals surface area contributed by atoms with Crippen molar-refractivity contribution in [3.05, 3.63) is 58.6 Å². The minimum Gasteiger partial charge on any atom is -0.486 e. The van der Waals surface area contributed by atoms with Crippen molar-refractivity contribution in [3.8, 4) is 11.5 Å². The molecule has 1 unspecified atom stereocenters. The number of benzene rings is 2. The van der Waals surface area contributed by atoms with Crippen molar-refractivity contribution in [2.75, 3.05) is 13.2 Å². The number of hydrogen-bond acceptors (Lipinski definition) is 3. The Morgan fingerprint density at radius 1 is 1.05 bits per heavy atom. The van der Waals surface area contributed by atoms with Gasteiger partial charge in [0.25, 0.3) is 0 Å². The fraction of sp³-hybridized carbons (Fsp3) is 0.294. The summed E-state index contributed by atoms with van der Waals surface area (Å²) in [6.07, 6.45) is 0. The normalized spacial score (nSPS) is 14.8. The van der Waals surface area contributed by atoms with Gasteiger partial charge in [-0.25, -0.2) is 0 Å². The fourth-order valence-electron chi connectivity index (χ4n) is 2.32. The van der Waals surface area contributed by atoms with Gasteiger partial charge in [0.15, 0.2) is 11.5 Å². The van der Waals surface area contributed by atoms with E-state index in [0.717, 1.165) is 23.1 Å². The molecule has 2 aromatic carbocycles. The Balaban J connectivity index is 1.65. The summed E-state index contributed by atoms with van der Waals surface area (Å²) < 4.78 is 11.2. The molecular weight excluding hydrogens is 286 g/mol. The molecule has 3 rings (SSSR count). The molecular formula is C17H18ClNO2. The van der Waals surface area contributed by atoms with Crippen LogP contribution in [0.25, 0.3) is 0 Å². The van der Waals surface area contributed by atoms with E-state index in [0.29, 0.717) is 13.2 Å². The first-order valence-corrected chi connectivity index (χ1v) is 7.47. The number of rotatable bonds is 4. The molecule has 110 valence electrons. The monoisotopic (exact) mass is 303 g/mol. The quantitative estimate of drug-likeness (QED) is 0.927. The Morgan fingerprint density at radius 2 is 1.76 bits per heavy atom. The summed E-state index contributed by atoms with van der Waals surface area (Å²) in [7, 11) is 0. The van der Waals surface area contributed by atoms with E-state index in [-0.39, 0.29) is 6.04 Å². The highest BCUT2D eigenvalue weighted by molar-refractivity contribution is 6.30. The van der Waals surface area contributed by atoms with Crippen LogP contribution in [0.3, 0.4) is 0 Å². The molecule has 21 heavy (non-hydrogen) atoms. The lowest BCUT2D eigenvalue weighted by Crippen LogP contribution is -2.19. The van der Waals surface area contributed by atoms with Gasteiger partial charge in [-0.3, -0.25) is 0 Å². The first kappa shape index (κ1) is 14.2. The summed E-state index contributed by atoms with van der Waals surface area (Å²) in [6, 6.07) is 14.2. The van der Waals surface area contributed by atoms with Crippen molar-refractivity contribution in [2.24, 2.45) is 0 Å². The van der Waals surface area contributed by atoms with E-state index < -0.39 is 0 Å². The van der Waals surface area contributed by atoms with Crippen LogP contribution in [0.1, 0.15) is 24.1 Å². The van der Waals surface area contributed by atoms with Gasteiger partial charge >= 0.3 is 0 Å². The molecule has 1 atom stereocenters. The highest BCUT2D eigenvalue weighted by Crippen LogP contribution is 2.32. The average molecular weight is 304 g/mol. The number of ether oxygens (including phenoxy) is 2. The third-order valence-corrected chi connectivity index (χ3v) is 3.84. The zero-order valence-electron chi connectivity index (χ0n) is 11.9. The maximum atomic E-state index is 5.89. The zero-order valence-corrected chi connectivity index (χ0v) is 12.7. The molecule has 0 aliphatic carbocycles. The molecule has 1 heterocycles. The van der Waals surface area contributed by atoms with E-state index in [4.69, 9.17) is 21.1 Å². The highest BCUT2D eigenvalue weighted by atomic mass is 35.5. The Hall–Kier alpha value is -1.71. The molecule has 0 fully saturated rings. The van der Waals surface area contributed by atoms with E-state index in [1.165, 1.54) is 11.1 Å². The second-order valence-electron chi connectivity index (χ2n) is 5.13. The molecule has 0 bridgehead atoms. The molecule has 2 aromatic rings. The number of halogens is 1. The van der Waals surface area contributed by atoms with Crippen LogP contribution >= 0.6 is 11.6 Å². The molecule has 0 saturated carbocycles. The van der Waals surface area contributed by atoms with Crippen molar-refractivity contribution in [1.29, 1.82) is 0 Å². The van der Waals surface area contributed by atoms with Crippen molar-refractivity contribution in [3.63, 3.8) is 0 Å². The predicted molar refractivity (Wildman–Crippen MR) is 84.1 cm³/mol. The zero-order chi connectivity index (χ0) is 14.7. The van der Waals surface area contributed by atoms with Crippen LogP contribution < -0.4 is 14.8 Å². The first-order chi connectivity index (χ1) is 10.2. The van der Waals surface area contributed by atoms with Crippen LogP contribution in [-0.4, -0.2) is 13.2 Å². The van der Waals surface area contributed by atoms with Gasteiger partial charge in [0.05, 0.1) is 0 Å². The van der Waals surface area contributed by atoms with Gasteiger partial charge in [-0.05, 0) is 42.3 Å². The molecule has 1 aliphatic heterocycles. The minimum absolute atomic E-state index is 0.233. The highest BCUT2D eigenvalue weighted by Gasteiger charge is 2.14. The van der Waals surface area contributed by atoms with Crippen LogP contribution in [0.2, 0.25) is 5.02 Å². The van der Waals surface area contributed by atoms with Crippen molar-refractivity contribution in [1.82, 2.24) is 5.32 Å². The van der Waals surface area contributed by atoms with E-state index in [9.17, 15) is 0 Å². The van der Waals surface area contributed by atoms with Gasteiger partial charge in [-0.15, -0.1) is 0 Å². The van der Waals surface area contributed by atoms with E-state index in [1.807, 2.05) is 36.4 Å². The van der Waals surface area contributed by atoms with Gasteiger partial charge in [-0.2, -0.15) is 0 Å². The summed E-state index contributed by atoms with van der Waals surface area (Å²) in [4.78, 5) is 0. The predicted octanol–water partition coefficient (Wildman–Crippen LogP) is 3.96. The molecule has 0 saturated heterocycles. The second kappa shape index (κ2) is 6.37. The molecule has 0 amide bonds. The van der Waals surface area contributed by atoms with Crippen molar-refractivity contribution in [2.45, 2.75) is 19.5 Å². The van der Waals surface area contributed by atoms with E-state index in [2.05, 4.69) is 18.3 Å². The average Bonchev–Trinajstić information content (AvgIpc) is 2.53. The van der Waals surface area contributed by atoms with Gasteiger partial charge in [0.2, 0.25) is 0 Å². The Labute approximate surface area is 129 Å². The van der Waals surface area contributed by atoms with Gasteiger partial charge in [-0.1, -0.05) is 29.8 Å². The Morgan fingerprint density at radius 3 is 2.52 bits per heavy atom. The topological polar surface area (TPSA) is 30.5 Å². The molecule has 3 nitrogen and oxygen atoms in total. The van der Waals surface area contributed by atoms with Crippen molar-refractivity contribution < 1.29 is 9.47 Å². The number of hydrogen-bond donors (Lipinski definition) is 1. The molecule has 0 spiro atoms. The summed E-state index contributed by atoms with van der Waals surface area (Å²) >= 11 is 5.89. The molecule has 1 aliphatic rings. The maximum absolute atomic E-state index is 5.89. The lowest BCUT2D eigenvalue weighted by Gasteiger charge is -2.21. The van der Waals surface area contributed by atoms with E-state index >= 15 is 0 Å². The fourth-order valence-corrected chi connectivity index (χ4v) is 2.45. The Bertz CT molecular complexity index is 613. The van der Waals surface area contributed by atoms with Gasteiger partial charge in [0, 0.05) is 17.6 Å². The van der Waals surface area contributed by atoms with Crippen LogP contribution in [0.5, 0.6) is 11.5 Å². The molecule has 0 radical (unpaired) electrons. The third-order valence-electron chi connectivity index (χ3n) is 3.59. The summed E-state index contributed by atoms with van der Waals surface area (Å²) in [6.45, 7) is 4.17. The number of nitrogens with one attached hydrogen (secondary N) is 1. The standard InChI is InChI=1S/C17H18ClNO2/c1-12(19-11-13-2-5-15(18)6-3-13)14-4-7-16-17(10-14)21-9-8-20-16/h2-7,10,12,19H,8-9,11H2,1H3. The summed E-state index contributed by atoms with van der Waals surface area (Å²) in [5.74, 6) is 1.66. The Kier molecular flexibility index (Phi) is 4.32. The SMILES string of the molecule is CC(NCc1ccc(Cl)cc1)c1ccc2c(c1)OCCO2. The second-order valence-corrected chi connectivity index (χ2v) is 5.57. The third kappa shape index (κ3) is 3.49. The van der Waals surface area contributed by atoms with Crippen LogP contribution in [0, 0.1) is 0 Å². The molecule has 1 N–H and O–H groups in total. The molecule has 4 heteroatoms. The van der Waals surface area contributed by atoms with Gasteiger partial charge in [0.1, 0.15) is 13.2 Å². The van der Waals surface area contributed by atoms with Gasteiger partial charge < -0.3 is 14.8 Å². The lowest BCUT2D eigenvalue weighted by atomic mass is 10.1. The first-order valence-electron chi connectivity index (χ1n) is 7.10. The summed E-state index contributed by atoms with van der Waals surface area (Å²) in [5.41, 5.74) is 2.40. The lowest BCUT2D eigenvalue weighted by molar-refractivity contribution is 0.171. The number of fused-ring (bicyclic) bond motifs is 1. The molecule has 0 aromatic heterocycles. The van der Waals surface area contributed by atoms with Crippen LogP contribution in [0.15, 0.2) is 42.5 Å². The van der Waals surface area contributed by atoms with Crippen LogP contribution in [-0.2, 0) is 6.54 Å². The van der Waals surface area contributed by atoms with E-state index in [1.54, 1.807) is 0 Å². The van der Waals surface area contributed by atoms with Crippen molar-refractivity contribution >= 4 is 11.6 Å². The maximum Gasteiger partial charge on any atom is 0.161 e. The largest absolute Gasteiger partial charge is 0.486 e. The van der Waals surface area contributed by atoms with Crippen LogP contribution in [0.4, 0.5) is 0 Å². The summed E-state index contributed by atoms with van der Waals surface area (Å²) in [5, 5.41) is 4.26. The minimum atomic E-state index is 0.233.